The summed E-state index contributed by atoms with van der Waals surface area (Å²) >= 11 is 5.88. The van der Waals surface area contributed by atoms with Crippen LogP contribution in [0.15, 0.2) is 41.1 Å². The van der Waals surface area contributed by atoms with Gasteiger partial charge >= 0.3 is 5.97 Å². The van der Waals surface area contributed by atoms with Crippen molar-refractivity contribution < 1.29 is 9.53 Å². The van der Waals surface area contributed by atoms with Crippen molar-refractivity contribution in [3.05, 3.63) is 51.7 Å². The number of nitriles is 1. The molecule has 1 N–H and O–H groups in total. The molecule has 0 bridgehead atoms. The number of halogens is 1. The SMILES string of the molecule is CC1C(C#N)=C(c2ccc(Cl)cc2)NC2=C1C(=O)OC2. The van der Waals surface area contributed by atoms with E-state index in [4.69, 9.17) is 16.3 Å². The number of esters is 1. The van der Waals surface area contributed by atoms with Crippen LogP contribution in [0.3, 0.4) is 0 Å². The fraction of sp³-hybridized carbons (Fsp3) is 0.200. The quantitative estimate of drug-likeness (QED) is 0.806. The third kappa shape index (κ3) is 1.87. The Hall–Kier alpha value is -2.25. The molecule has 1 atom stereocenters. The predicted octanol–water partition coefficient (Wildman–Crippen LogP) is 2.62. The number of carbonyl (C=O) groups is 1. The minimum Gasteiger partial charge on any atom is -0.456 e. The van der Waals surface area contributed by atoms with Crippen molar-refractivity contribution in [3.8, 4) is 6.07 Å². The minimum absolute atomic E-state index is 0.230. The summed E-state index contributed by atoms with van der Waals surface area (Å²) in [6.07, 6.45) is 0. The monoisotopic (exact) mass is 286 g/mol. The van der Waals surface area contributed by atoms with Crippen LogP contribution in [-0.4, -0.2) is 12.6 Å². The highest BCUT2D eigenvalue weighted by Gasteiger charge is 2.36. The maximum absolute atomic E-state index is 11.7. The lowest BCUT2D eigenvalue weighted by Crippen LogP contribution is -2.25. The van der Waals surface area contributed by atoms with Crippen LogP contribution in [0.2, 0.25) is 5.02 Å². The standard InChI is InChI=1S/C15H11ClN2O2/c1-8-11(6-17)14(9-2-4-10(16)5-3-9)18-12-7-20-15(19)13(8)12/h2-5,8,18H,7H2,1H3. The molecule has 0 amide bonds. The summed E-state index contributed by atoms with van der Waals surface area (Å²) in [6.45, 7) is 2.07. The first-order valence-electron chi connectivity index (χ1n) is 6.19. The smallest absolute Gasteiger partial charge is 0.336 e. The van der Waals surface area contributed by atoms with Gasteiger partial charge < -0.3 is 10.1 Å². The summed E-state index contributed by atoms with van der Waals surface area (Å²) in [5.41, 5.74) is 3.41. The first-order chi connectivity index (χ1) is 9.61. The van der Waals surface area contributed by atoms with E-state index in [1.807, 2.05) is 19.1 Å². The second-order valence-corrected chi connectivity index (χ2v) is 5.16. The van der Waals surface area contributed by atoms with Gasteiger partial charge in [0.15, 0.2) is 0 Å². The molecule has 2 aliphatic heterocycles. The number of hydrogen-bond acceptors (Lipinski definition) is 4. The van der Waals surface area contributed by atoms with E-state index in [0.717, 1.165) is 11.3 Å². The van der Waals surface area contributed by atoms with Crippen LogP contribution < -0.4 is 5.32 Å². The molecule has 5 heteroatoms. The number of nitrogens with zero attached hydrogens (tertiary/aromatic N) is 1. The Bertz CT molecular complexity index is 696. The zero-order valence-corrected chi connectivity index (χ0v) is 11.5. The molecule has 0 radical (unpaired) electrons. The van der Waals surface area contributed by atoms with E-state index < -0.39 is 0 Å². The second-order valence-electron chi connectivity index (χ2n) is 4.72. The Balaban J connectivity index is 2.08. The van der Waals surface area contributed by atoms with E-state index in [0.29, 0.717) is 21.9 Å². The average Bonchev–Trinajstić information content (AvgIpc) is 2.81. The van der Waals surface area contributed by atoms with Crippen molar-refractivity contribution in [2.75, 3.05) is 6.61 Å². The molecule has 3 rings (SSSR count). The lowest BCUT2D eigenvalue weighted by molar-refractivity contribution is -0.136. The van der Waals surface area contributed by atoms with Gasteiger partial charge in [0.1, 0.15) is 6.61 Å². The van der Waals surface area contributed by atoms with Gasteiger partial charge in [0.25, 0.3) is 0 Å². The Labute approximate surface area is 121 Å². The number of ether oxygens (including phenoxy) is 1. The van der Waals surface area contributed by atoms with Crippen LogP contribution in [0.5, 0.6) is 0 Å². The highest BCUT2D eigenvalue weighted by molar-refractivity contribution is 6.30. The molecule has 0 saturated carbocycles. The average molecular weight is 287 g/mol. The Morgan fingerprint density at radius 1 is 1.40 bits per heavy atom. The van der Waals surface area contributed by atoms with Crippen LogP contribution in [0.4, 0.5) is 0 Å². The van der Waals surface area contributed by atoms with Gasteiger partial charge in [0.05, 0.1) is 28.6 Å². The van der Waals surface area contributed by atoms with Crippen LogP contribution >= 0.6 is 11.6 Å². The summed E-state index contributed by atoms with van der Waals surface area (Å²) in [5.74, 6) is -0.611. The van der Waals surface area contributed by atoms with Crippen LogP contribution in [0, 0.1) is 17.2 Å². The molecule has 1 aromatic rings. The van der Waals surface area contributed by atoms with E-state index in [9.17, 15) is 10.1 Å². The van der Waals surface area contributed by atoms with Gasteiger partial charge in [0, 0.05) is 10.9 Å². The molecule has 0 spiro atoms. The van der Waals surface area contributed by atoms with Crippen molar-refractivity contribution in [1.29, 1.82) is 5.26 Å². The van der Waals surface area contributed by atoms with E-state index in [1.54, 1.807) is 12.1 Å². The van der Waals surface area contributed by atoms with Gasteiger partial charge in [-0.15, -0.1) is 0 Å². The maximum Gasteiger partial charge on any atom is 0.336 e. The number of benzene rings is 1. The number of hydrogen-bond donors (Lipinski definition) is 1. The van der Waals surface area contributed by atoms with Crippen molar-refractivity contribution in [1.82, 2.24) is 5.32 Å². The molecule has 2 heterocycles. The maximum atomic E-state index is 11.7. The Kier molecular flexibility index (Phi) is 3.00. The van der Waals surface area contributed by atoms with Gasteiger partial charge in [-0.1, -0.05) is 30.7 Å². The number of allylic oxidation sites excluding steroid dienone is 1. The van der Waals surface area contributed by atoms with Crippen molar-refractivity contribution >= 4 is 23.3 Å². The fourth-order valence-corrected chi connectivity index (χ4v) is 2.66. The third-order valence-corrected chi connectivity index (χ3v) is 3.81. The highest BCUT2D eigenvalue weighted by atomic mass is 35.5. The van der Waals surface area contributed by atoms with E-state index in [-0.39, 0.29) is 18.5 Å². The predicted molar refractivity (Wildman–Crippen MR) is 74.3 cm³/mol. The zero-order chi connectivity index (χ0) is 14.3. The number of nitrogens with one attached hydrogen (secondary N) is 1. The molecule has 1 unspecified atom stereocenters. The molecule has 1 aromatic carbocycles. The summed E-state index contributed by atoms with van der Waals surface area (Å²) in [4.78, 5) is 11.7. The van der Waals surface area contributed by atoms with Crippen molar-refractivity contribution in [2.24, 2.45) is 5.92 Å². The number of rotatable bonds is 1. The molecule has 2 aliphatic rings. The van der Waals surface area contributed by atoms with E-state index >= 15 is 0 Å². The molecule has 0 fully saturated rings. The molecule has 4 nitrogen and oxygen atoms in total. The Morgan fingerprint density at radius 2 is 2.10 bits per heavy atom. The van der Waals surface area contributed by atoms with Gasteiger partial charge in [-0.05, 0) is 17.7 Å². The molecule has 0 saturated heterocycles. The summed E-state index contributed by atoms with van der Waals surface area (Å²) in [7, 11) is 0. The van der Waals surface area contributed by atoms with Crippen LogP contribution in [0.25, 0.3) is 5.70 Å². The van der Waals surface area contributed by atoms with Gasteiger partial charge in [-0.25, -0.2) is 4.79 Å². The third-order valence-electron chi connectivity index (χ3n) is 3.56. The number of cyclic esters (lactones) is 1. The topological polar surface area (TPSA) is 62.1 Å². The molecule has 0 aromatic heterocycles. The van der Waals surface area contributed by atoms with Crippen molar-refractivity contribution in [3.63, 3.8) is 0 Å². The van der Waals surface area contributed by atoms with Gasteiger partial charge in [-0.2, -0.15) is 5.26 Å². The van der Waals surface area contributed by atoms with Crippen LogP contribution in [-0.2, 0) is 9.53 Å². The van der Waals surface area contributed by atoms with Crippen LogP contribution in [0.1, 0.15) is 12.5 Å². The zero-order valence-electron chi connectivity index (χ0n) is 10.7. The lowest BCUT2D eigenvalue weighted by Gasteiger charge is -2.23. The summed E-state index contributed by atoms with van der Waals surface area (Å²) in [5, 5.41) is 13.2. The molecular formula is C15H11ClN2O2. The first-order valence-corrected chi connectivity index (χ1v) is 6.57. The molecule has 100 valence electrons. The molecule has 0 aliphatic carbocycles. The van der Waals surface area contributed by atoms with E-state index in [1.165, 1.54) is 0 Å². The second kappa shape index (κ2) is 4.69. The molecule has 20 heavy (non-hydrogen) atoms. The Morgan fingerprint density at radius 3 is 2.75 bits per heavy atom. The summed E-state index contributed by atoms with van der Waals surface area (Å²) < 4.78 is 5.03. The van der Waals surface area contributed by atoms with E-state index in [2.05, 4.69) is 11.4 Å². The minimum atomic E-state index is -0.345. The van der Waals surface area contributed by atoms with Gasteiger partial charge in [0.2, 0.25) is 0 Å². The lowest BCUT2D eigenvalue weighted by atomic mass is 9.86. The number of dihydropyridines is 1. The fourth-order valence-electron chi connectivity index (χ4n) is 2.53. The highest BCUT2D eigenvalue weighted by Crippen LogP contribution is 2.36. The largest absolute Gasteiger partial charge is 0.456 e. The number of carbonyl (C=O) groups excluding carboxylic acids is 1. The summed E-state index contributed by atoms with van der Waals surface area (Å²) in [6, 6.07) is 9.42. The van der Waals surface area contributed by atoms with Gasteiger partial charge in [-0.3, -0.25) is 0 Å². The van der Waals surface area contributed by atoms with Crippen molar-refractivity contribution in [2.45, 2.75) is 6.92 Å². The normalized spacial score (nSPS) is 21.2. The molecular weight excluding hydrogens is 276 g/mol. The first kappa shape index (κ1) is 12.8.